The summed E-state index contributed by atoms with van der Waals surface area (Å²) in [5, 5.41) is 11.4. The van der Waals surface area contributed by atoms with Crippen LogP contribution in [0.25, 0.3) is 5.65 Å². The van der Waals surface area contributed by atoms with Crippen molar-refractivity contribution in [1.82, 2.24) is 24.2 Å². The molecule has 1 amide bonds. The number of rotatable bonds is 8. The first-order valence-electron chi connectivity index (χ1n) is 8.96. The number of benzene rings is 1. The summed E-state index contributed by atoms with van der Waals surface area (Å²) < 4.78 is 27.7. The first-order chi connectivity index (χ1) is 13.8. The molecule has 0 aliphatic carbocycles. The Morgan fingerprint density at radius 2 is 2.00 bits per heavy atom. The maximum atomic E-state index is 12.9. The summed E-state index contributed by atoms with van der Waals surface area (Å²) in [6, 6.07) is 11.3. The van der Waals surface area contributed by atoms with E-state index in [0.717, 1.165) is 10.1 Å². The molecule has 154 valence electrons. The van der Waals surface area contributed by atoms with Crippen LogP contribution in [0, 0.1) is 0 Å². The number of carbonyl (C=O) groups is 1. The second kappa shape index (κ2) is 8.93. The number of sulfonamides is 1. The normalized spacial score (nSPS) is 13.0. The molecule has 10 heteroatoms. The summed E-state index contributed by atoms with van der Waals surface area (Å²) in [4.78, 5) is 13.0. The van der Waals surface area contributed by atoms with Crippen molar-refractivity contribution in [3.8, 4) is 0 Å². The van der Waals surface area contributed by atoms with Crippen LogP contribution in [0.2, 0.25) is 0 Å². The number of aromatic nitrogens is 3. The minimum absolute atomic E-state index is 0.0729. The maximum absolute atomic E-state index is 12.9. The lowest BCUT2D eigenvalue weighted by atomic mass is 10.1. The first-order valence-corrected chi connectivity index (χ1v) is 11.8. The van der Waals surface area contributed by atoms with Crippen LogP contribution in [0.3, 0.4) is 0 Å². The molecule has 29 heavy (non-hydrogen) atoms. The van der Waals surface area contributed by atoms with Gasteiger partial charge in [-0.3, -0.25) is 9.20 Å². The zero-order chi connectivity index (χ0) is 21.0. The molecule has 2 aromatic heterocycles. The fourth-order valence-electron chi connectivity index (χ4n) is 2.85. The fraction of sp³-hybridized carbons (Fsp3) is 0.316. The van der Waals surface area contributed by atoms with Gasteiger partial charge in [-0.15, -0.1) is 10.2 Å². The van der Waals surface area contributed by atoms with E-state index in [0.29, 0.717) is 17.9 Å². The van der Waals surface area contributed by atoms with Crippen LogP contribution in [0.4, 0.5) is 0 Å². The average molecular weight is 434 g/mol. The van der Waals surface area contributed by atoms with Gasteiger partial charge in [-0.25, -0.2) is 12.7 Å². The summed E-state index contributed by atoms with van der Waals surface area (Å²) in [6.07, 6.45) is 4.52. The molecule has 3 aromatic rings. The van der Waals surface area contributed by atoms with Crippen molar-refractivity contribution < 1.29 is 13.2 Å². The van der Waals surface area contributed by atoms with Crippen molar-refractivity contribution in [2.75, 3.05) is 26.1 Å². The summed E-state index contributed by atoms with van der Waals surface area (Å²) in [5.41, 5.74) is 0.973. The van der Waals surface area contributed by atoms with E-state index in [1.807, 2.05) is 35.1 Å². The number of nitrogens with one attached hydrogen (secondary N) is 1. The van der Waals surface area contributed by atoms with Gasteiger partial charge in [0, 0.05) is 25.9 Å². The van der Waals surface area contributed by atoms with E-state index in [-0.39, 0.29) is 22.4 Å². The molecule has 0 saturated heterocycles. The molecule has 0 unspecified atom stereocenters. The summed E-state index contributed by atoms with van der Waals surface area (Å²) in [6.45, 7) is 0. The van der Waals surface area contributed by atoms with E-state index in [1.165, 1.54) is 26.2 Å². The molecule has 2 heterocycles. The second-order valence-electron chi connectivity index (χ2n) is 6.61. The molecular formula is C19H23N5O3S2. The Hall–Kier alpha value is -2.43. The Balaban J connectivity index is 1.90. The predicted octanol–water partition coefficient (Wildman–Crippen LogP) is 2.20. The number of thioether (sulfide) groups is 1. The van der Waals surface area contributed by atoms with Crippen LogP contribution in [-0.4, -0.2) is 59.3 Å². The van der Waals surface area contributed by atoms with E-state index in [2.05, 4.69) is 15.5 Å². The Bertz CT molecular complexity index is 1110. The van der Waals surface area contributed by atoms with Gasteiger partial charge in [0.15, 0.2) is 11.5 Å². The van der Waals surface area contributed by atoms with Crippen LogP contribution in [0.5, 0.6) is 0 Å². The third-order valence-electron chi connectivity index (χ3n) is 4.44. The highest BCUT2D eigenvalue weighted by Crippen LogP contribution is 2.20. The largest absolute Gasteiger partial charge is 0.342 e. The summed E-state index contributed by atoms with van der Waals surface area (Å²) in [7, 11) is -0.713. The standard InChI is InChI=1S/C19H23N5O3S2/c1-23(2)29(26,27)15-8-6-7-14(13-15)19(25)20-16(10-12-28-3)18-22-21-17-9-4-5-11-24(17)18/h4-9,11,13,16H,10,12H2,1-3H3,(H,20,25)/t16-/m1/s1. The number of hydrogen-bond donors (Lipinski definition) is 1. The predicted molar refractivity (Wildman–Crippen MR) is 114 cm³/mol. The third-order valence-corrected chi connectivity index (χ3v) is 6.90. The Kier molecular flexibility index (Phi) is 6.56. The van der Waals surface area contributed by atoms with Crippen LogP contribution < -0.4 is 5.32 Å². The molecule has 8 nitrogen and oxygen atoms in total. The first kappa shape index (κ1) is 21.3. The van der Waals surface area contributed by atoms with Crippen LogP contribution in [0.15, 0.2) is 53.6 Å². The van der Waals surface area contributed by atoms with Gasteiger partial charge in [0.1, 0.15) is 0 Å². The van der Waals surface area contributed by atoms with Gasteiger partial charge >= 0.3 is 0 Å². The van der Waals surface area contributed by atoms with Crippen LogP contribution >= 0.6 is 11.8 Å². The number of pyridine rings is 1. The SMILES string of the molecule is CSCC[C@@H](NC(=O)c1cccc(S(=O)(=O)N(C)C)c1)c1nnc2ccccn12. The molecule has 0 aliphatic heterocycles. The third kappa shape index (κ3) is 4.60. The van der Waals surface area contributed by atoms with Crippen molar-refractivity contribution in [2.45, 2.75) is 17.4 Å². The number of hydrogen-bond acceptors (Lipinski definition) is 6. The highest BCUT2D eigenvalue weighted by atomic mass is 32.2. The van der Waals surface area contributed by atoms with Gasteiger partial charge in [-0.2, -0.15) is 11.8 Å². The zero-order valence-corrected chi connectivity index (χ0v) is 18.1. The summed E-state index contributed by atoms with van der Waals surface area (Å²) >= 11 is 1.67. The molecule has 0 radical (unpaired) electrons. The van der Waals surface area contributed by atoms with Crippen LogP contribution in [-0.2, 0) is 10.0 Å². The quantitative estimate of drug-likeness (QED) is 0.585. The molecule has 1 atom stereocenters. The van der Waals surface area contributed by atoms with Crippen molar-refractivity contribution in [1.29, 1.82) is 0 Å². The van der Waals surface area contributed by atoms with Gasteiger partial charge in [-0.1, -0.05) is 12.1 Å². The molecule has 0 aliphatic rings. The highest BCUT2D eigenvalue weighted by Gasteiger charge is 2.23. The monoisotopic (exact) mass is 433 g/mol. The van der Waals surface area contributed by atoms with Crippen molar-refractivity contribution in [3.05, 3.63) is 60.0 Å². The molecule has 1 aromatic carbocycles. The zero-order valence-electron chi connectivity index (χ0n) is 16.4. The van der Waals surface area contributed by atoms with Crippen molar-refractivity contribution in [3.63, 3.8) is 0 Å². The second-order valence-corrected chi connectivity index (χ2v) is 9.75. The van der Waals surface area contributed by atoms with Gasteiger partial charge < -0.3 is 5.32 Å². The fourth-order valence-corrected chi connectivity index (χ4v) is 4.27. The van der Waals surface area contributed by atoms with E-state index >= 15 is 0 Å². The van der Waals surface area contributed by atoms with E-state index in [1.54, 1.807) is 23.9 Å². The highest BCUT2D eigenvalue weighted by molar-refractivity contribution is 7.98. The molecular weight excluding hydrogens is 410 g/mol. The van der Waals surface area contributed by atoms with Gasteiger partial charge in [0.25, 0.3) is 5.91 Å². The molecule has 0 bridgehead atoms. The number of nitrogens with zero attached hydrogens (tertiary/aromatic N) is 4. The molecule has 0 spiro atoms. The maximum Gasteiger partial charge on any atom is 0.251 e. The van der Waals surface area contributed by atoms with Gasteiger partial charge in [0.05, 0.1) is 10.9 Å². The van der Waals surface area contributed by atoms with Gasteiger partial charge in [-0.05, 0) is 48.8 Å². The number of amides is 1. The van der Waals surface area contributed by atoms with Gasteiger partial charge in [0.2, 0.25) is 10.0 Å². The van der Waals surface area contributed by atoms with E-state index < -0.39 is 10.0 Å². The Morgan fingerprint density at radius 3 is 2.72 bits per heavy atom. The lowest BCUT2D eigenvalue weighted by molar-refractivity contribution is 0.0933. The lowest BCUT2D eigenvalue weighted by Crippen LogP contribution is -2.30. The molecule has 0 fully saturated rings. The molecule has 3 rings (SSSR count). The minimum Gasteiger partial charge on any atom is -0.342 e. The topological polar surface area (TPSA) is 96.7 Å². The smallest absolute Gasteiger partial charge is 0.251 e. The van der Waals surface area contributed by atoms with Crippen molar-refractivity contribution in [2.24, 2.45) is 0 Å². The molecule has 1 N–H and O–H groups in total. The molecule has 0 saturated carbocycles. The van der Waals surface area contributed by atoms with E-state index in [4.69, 9.17) is 0 Å². The van der Waals surface area contributed by atoms with Crippen LogP contribution in [0.1, 0.15) is 28.6 Å². The number of carbonyl (C=O) groups excluding carboxylic acids is 1. The average Bonchev–Trinajstić information content (AvgIpc) is 3.15. The summed E-state index contributed by atoms with van der Waals surface area (Å²) in [5.74, 6) is 1.10. The Labute approximate surface area is 174 Å². The number of fused-ring (bicyclic) bond motifs is 1. The van der Waals surface area contributed by atoms with E-state index in [9.17, 15) is 13.2 Å². The Morgan fingerprint density at radius 1 is 1.21 bits per heavy atom. The lowest BCUT2D eigenvalue weighted by Gasteiger charge is -2.18. The minimum atomic E-state index is -3.62. The van der Waals surface area contributed by atoms with Crippen molar-refractivity contribution >= 4 is 33.3 Å².